The van der Waals surface area contributed by atoms with Crippen LogP contribution in [0.3, 0.4) is 0 Å². The molecule has 1 aliphatic carbocycles. The monoisotopic (exact) mass is 411 g/mol. The van der Waals surface area contributed by atoms with E-state index in [9.17, 15) is 9.59 Å². The Morgan fingerprint density at radius 3 is 2.67 bits per heavy atom. The fourth-order valence-electron chi connectivity index (χ4n) is 4.66. The van der Waals surface area contributed by atoms with Crippen LogP contribution in [0.5, 0.6) is 0 Å². The smallest absolute Gasteiger partial charge is 0.226 e. The Kier molecular flexibility index (Phi) is 6.82. The van der Waals surface area contributed by atoms with Gasteiger partial charge in [0, 0.05) is 36.3 Å². The van der Waals surface area contributed by atoms with E-state index < -0.39 is 0 Å². The molecular weight excluding hydrogens is 382 g/mol. The van der Waals surface area contributed by atoms with Crippen molar-refractivity contribution in [2.24, 2.45) is 17.3 Å². The van der Waals surface area contributed by atoms with E-state index in [1.807, 2.05) is 11.0 Å². The van der Waals surface area contributed by atoms with Crippen LogP contribution in [0.25, 0.3) is 0 Å². The number of piperidine rings is 2. The van der Waals surface area contributed by atoms with Gasteiger partial charge in [0.05, 0.1) is 0 Å². The van der Waals surface area contributed by atoms with Crippen LogP contribution in [-0.2, 0) is 16.0 Å². The van der Waals surface area contributed by atoms with Crippen molar-refractivity contribution in [3.8, 4) is 0 Å². The molecule has 2 aliphatic heterocycles. The predicted molar refractivity (Wildman–Crippen MR) is 110 cm³/mol. The van der Waals surface area contributed by atoms with E-state index in [1.54, 1.807) is 11.3 Å². The Morgan fingerprint density at radius 2 is 2.00 bits per heavy atom. The Morgan fingerprint density at radius 1 is 1.26 bits per heavy atom. The molecule has 150 valence electrons. The maximum atomic E-state index is 12.8. The van der Waals surface area contributed by atoms with Gasteiger partial charge in [-0.15, -0.1) is 23.7 Å². The highest BCUT2D eigenvalue weighted by Gasteiger charge is 2.58. The van der Waals surface area contributed by atoms with Gasteiger partial charge in [-0.25, -0.2) is 0 Å². The average Bonchev–Trinajstić information content (AvgIpc) is 3.11. The summed E-state index contributed by atoms with van der Waals surface area (Å²) in [4.78, 5) is 28.5. The van der Waals surface area contributed by atoms with Crippen LogP contribution in [0, 0.1) is 17.3 Å². The third-order valence-corrected chi connectivity index (χ3v) is 7.45. The van der Waals surface area contributed by atoms with Gasteiger partial charge in [0.15, 0.2) is 0 Å². The number of carbonyl (C=O) groups excluding carboxylic acids is 2. The Hall–Kier alpha value is -1.11. The van der Waals surface area contributed by atoms with Crippen molar-refractivity contribution < 1.29 is 9.59 Å². The summed E-state index contributed by atoms with van der Waals surface area (Å²) in [6.45, 7) is 4.30. The van der Waals surface area contributed by atoms with Gasteiger partial charge in [0.2, 0.25) is 11.8 Å². The van der Waals surface area contributed by atoms with Gasteiger partial charge < -0.3 is 15.5 Å². The predicted octanol–water partition coefficient (Wildman–Crippen LogP) is 2.46. The van der Waals surface area contributed by atoms with Crippen molar-refractivity contribution in [3.63, 3.8) is 0 Å². The number of amides is 2. The van der Waals surface area contributed by atoms with Crippen LogP contribution in [0.1, 0.15) is 37.0 Å². The van der Waals surface area contributed by atoms with Crippen LogP contribution < -0.4 is 10.6 Å². The maximum absolute atomic E-state index is 12.8. The lowest BCUT2D eigenvalue weighted by Crippen LogP contribution is -2.44. The molecule has 2 N–H and O–H groups in total. The van der Waals surface area contributed by atoms with E-state index in [-0.39, 0.29) is 30.2 Å². The molecule has 27 heavy (non-hydrogen) atoms. The molecule has 2 saturated heterocycles. The van der Waals surface area contributed by atoms with E-state index in [0.29, 0.717) is 17.9 Å². The second-order valence-corrected chi connectivity index (χ2v) is 9.12. The molecule has 1 aromatic rings. The first-order valence-corrected chi connectivity index (χ1v) is 10.9. The fraction of sp³-hybridized carbons (Fsp3) is 0.700. The molecule has 3 fully saturated rings. The molecule has 7 heteroatoms. The van der Waals surface area contributed by atoms with Gasteiger partial charge in [-0.1, -0.05) is 6.07 Å². The molecule has 3 heterocycles. The second kappa shape index (κ2) is 8.93. The summed E-state index contributed by atoms with van der Waals surface area (Å²) in [5, 5.41) is 8.54. The van der Waals surface area contributed by atoms with Crippen LogP contribution in [0.4, 0.5) is 0 Å². The van der Waals surface area contributed by atoms with Crippen molar-refractivity contribution >= 4 is 35.6 Å². The highest BCUT2D eigenvalue weighted by molar-refractivity contribution is 7.09. The van der Waals surface area contributed by atoms with Crippen molar-refractivity contribution in [2.45, 2.75) is 38.5 Å². The summed E-state index contributed by atoms with van der Waals surface area (Å²) in [5.74, 6) is 0.827. The minimum absolute atomic E-state index is 0. The molecule has 0 bridgehead atoms. The first-order chi connectivity index (χ1) is 12.7. The van der Waals surface area contributed by atoms with Gasteiger partial charge in [0.25, 0.3) is 0 Å². The molecular formula is C20H30ClN3O2S. The van der Waals surface area contributed by atoms with Gasteiger partial charge in [0.1, 0.15) is 0 Å². The molecule has 1 spiro atoms. The van der Waals surface area contributed by atoms with Crippen molar-refractivity contribution in [3.05, 3.63) is 22.4 Å². The summed E-state index contributed by atoms with van der Waals surface area (Å²) in [5.41, 5.74) is 0.304. The molecule has 1 atom stereocenters. The Labute approximate surface area is 171 Å². The fourth-order valence-corrected chi connectivity index (χ4v) is 5.37. The van der Waals surface area contributed by atoms with E-state index in [1.165, 1.54) is 4.88 Å². The third-order valence-electron chi connectivity index (χ3n) is 6.52. The zero-order chi connectivity index (χ0) is 18.0. The number of hydrogen-bond acceptors (Lipinski definition) is 4. The largest absolute Gasteiger partial charge is 0.355 e. The summed E-state index contributed by atoms with van der Waals surface area (Å²) in [6, 6.07) is 4.15. The minimum atomic E-state index is 0. The van der Waals surface area contributed by atoms with E-state index >= 15 is 0 Å². The van der Waals surface area contributed by atoms with Crippen LogP contribution in [0.15, 0.2) is 17.5 Å². The number of thiophene rings is 1. The normalized spacial score (nSPS) is 24.3. The van der Waals surface area contributed by atoms with E-state index in [0.717, 1.165) is 64.7 Å². The van der Waals surface area contributed by atoms with E-state index in [2.05, 4.69) is 22.1 Å². The highest BCUT2D eigenvalue weighted by Crippen LogP contribution is 2.59. The summed E-state index contributed by atoms with van der Waals surface area (Å²) in [6.07, 6.45) is 5.88. The highest BCUT2D eigenvalue weighted by atomic mass is 35.5. The number of likely N-dealkylation sites (tertiary alicyclic amines) is 1. The van der Waals surface area contributed by atoms with Gasteiger partial charge in [-0.3, -0.25) is 9.59 Å². The molecule has 0 aromatic carbocycles. The van der Waals surface area contributed by atoms with Crippen molar-refractivity contribution in [2.75, 3.05) is 32.7 Å². The lowest BCUT2D eigenvalue weighted by Gasteiger charge is -2.32. The zero-order valence-corrected chi connectivity index (χ0v) is 17.4. The molecule has 1 aromatic heterocycles. The first kappa shape index (κ1) is 20.6. The Balaban J connectivity index is 0.00000210. The molecule has 4 rings (SSSR count). The summed E-state index contributed by atoms with van der Waals surface area (Å²) in [7, 11) is 0. The Bertz CT molecular complexity index is 638. The third kappa shape index (κ3) is 4.66. The quantitative estimate of drug-likeness (QED) is 0.782. The number of nitrogens with one attached hydrogen (secondary N) is 2. The van der Waals surface area contributed by atoms with Crippen LogP contribution in [-0.4, -0.2) is 49.4 Å². The van der Waals surface area contributed by atoms with E-state index in [4.69, 9.17) is 0 Å². The number of nitrogens with zero attached hydrogens (tertiary/aromatic N) is 1. The van der Waals surface area contributed by atoms with Gasteiger partial charge in [-0.05, 0) is 68.5 Å². The molecule has 1 unspecified atom stereocenters. The van der Waals surface area contributed by atoms with Crippen LogP contribution in [0.2, 0.25) is 0 Å². The number of carbonyl (C=O) groups is 2. The number of hydrogen-bond donors (Lipinski definition) is 2. The molecule has 2 amide bonds. The molecule has 5 nitrogen and oxygen atoms in total. The summed E-state index contributed by atoms with van der Waals surface area (Å²) < 4.78 is 0. The molecule has 3 aliphatic rings. The topological polar surface area (TPSA) is 61.4 Å². The van der Waals surface area contributed by atoms with Crippen molar-refractivity contribution in [1.29, 1.82) is 0 Å². The number of halogens is 1. The zero-order valence-electron chi connectivity index (χ0n) is 15.7. The second-order valence-electron chi connectivity index (χ2n) is 8.09. The maximum Gasteiger partial charge on any atom is 0.226 e. The average molecular weight is 412 g/mol. The molecule has 1 saturated carbocycles. The lowest BCUT2D eigenvalue weighted by molar-refractivity contribution is -0.137. The van der Waals surface area contributed by atoms with Gasteiger partial charge in [-0.2, -0.15) is 0 Å². The number of rotatable bonds is 5. The minimum Gasteiger partial charge on any atom is -0.355 e. The van der Waals surface area contributed by atoms with Gasteiger partial charge >= 0.3 is 0 Å². The molecule has 0 radical (unpaired) electrons. The van der Waals surface area contributed by atoms with Crippen LogP contribution >= 0.6 is 23.7 Å². The van der Waals surface area contributed by atoms with Crippen molar-refractivity contribution in [1.82, 2.24) is 15.5 Å². The SMILES string of the molecule is Cl.O=C(NCCc1cccs1)C1CCN(C(=O)C2CC23CCNCC3)CC1. The first-order valence-electron chi connectivity index (χ1n) is 9.98. The standard InChI is InChI=1S/C20H29N3O2S.ClH/c24-18(22-8-3-16-2-1-13-26-16)15-4-11-23(12-5-15)19(25)17-14-20(17)6-9-21-10-7-20;/h1-2,13,15,17,21H,3-12,14H2,(H,22,24);1H. The lowest BCUT2D eigenvalue weighted by atomic mass is 9.90. The summed E-state index contributed by atoms with van der Waals surface area (Å²) >= 11 is 1.73.